The summed E-state index contributed by atoms with van der Waals surface area (Å²) in [4.78, 5) is 14.2. The molecule has 2 aromatic rings. The van der Waals surface area contributed by atoms with Crippen LogP contribution < -0.4 is 10.3 Å². The van der Waals surface area contributed by atoms with E-state index in [1.54, 1.807) is 26.0 Å². The molecule has 0 aliphatic rings. The number of sulfonamides is 1. The van der Waals surface area contributed by atoms with Crippen molar-refractivity contribution in [2.75, 3.05) is 0 Å². The van der Waals surface area contributed by atoms with Crippen molar-refractivity contribution in [1.82, 2.24) is 10.3 Å². The first-order chi connectivity index (χ1) is 10.7. The van der Waals surface area contributed by atoms with Gasteiger partial charge in [0.25, 0.3) is 15.9 Å². The van der Waals surface area contributed by atoms with Crippen molar-refractivity contribution in [3.8, 4) is 0 Å². The molecule has 0 bridgehead atoms. The van der Waals surface area contributed by atoms with Gasteiger partial charge in [0.2, 0.25) is 0 Å². The van der Waals surface area contributed by atoms with Crippen molar-refractivity contribution in [2.45, 2.75) is 18.7 Å². The number of aryl methyl sites for hydroxylation is 2. The number of nitrogens with one attached hydrogen (secondary N) is 2. The van der Waals surface area contributed by atoms with E-state index in [1.807, 2.05) is 0 Å². The SMILES string of the molecule is Cc1ccc(C)c(S(=O)(=O)NNC(=O)c2cc(Cl)ccc2Cl)c1. The van der Waals surface area contributed by atoms with E-state index >= 15 is 0 Å². The molecule has 2 rings (SSSR count). The highest BCUT2D eigenvalue weighted by Crippen LogP contribution is 2.20. The lowest BCUT2D eigenvalue weighted by molar-refractivity contribution is 0.0945. The van der Waals surface area contributed by atoms with Gasteiger partial charge >= 0.3 is 0 Å². The molecular formula is C15H14Cl2N2O3S. The van der Waals surface area contributed by atoms with Gasteiger partial charge in [0.15, 0.2) is 0 Å². The second-order valence-corrected chi connectivity index (χ2v) is 7.45. The van der Waals surface area contributed by atoms with Gasteiger partial charge in [-0.2, -0.15) is 0 Å². The lowest BCUT2D eigenvalue weighted by atomic mass is 10.2. The van der Waals surface area contributed by atoms with Crippen molar-refractivity contribution in [2.24, 2.45) is 0 Å². The molecule has 1 amide bonds. The van der Waals surface area contributed by atoms with Gasteiger partial charge in [0.1, 0.15) is 0 Å². The van der Waals surface area contributed by atoms with Crippen molar-refractivity contribution in [1.29, 1.82) is 0 Å². The van der Waals surface area contributed by atoms with E-state index in [0.29, 0.717) is 10.6 Å². The minimum absolute atomic E-state index is 0.0721. The van der Waals surface area contributed by atoms with E-state index < -0.39 is 15.9 Å². The van der Waals surface area contributed by atoms with E-state index in [1.165, 1.54) is 24.3 Å². The van der Waals surface area contributed by atoms with Gasteiger partial charge in [0.05, 0.1) is 15.5 Å². The van der Waals surface area contributed by atoms with Gasteiger partial charge in [-0.1, -0.05) is 35.3 Å². The Morgan fingerprint density at radius 2 is 1.74 bits per heavy atom. The normalized spacial score (nSPS) is 11.3. The lowest BCUT2D eigenvalue weighted by Crippen LogP contribution is -2.41. The standard InChI is InChI=1S/C15H14Cl2N2O3S/c1-9-3-4-10(2)14(7-9)23(21,22)19-18-15(20)12-8-11(16)5-6-13(12)17/h3-8,19H,1-2H3,(H,18,20). The average molecular weight is 373 g/mol. The van der Waals surface area contributed by atoms with Gasteiger partial charge in [-0.25, -0.2) is 8.42 Å². The molecule has 8 heteroatoms. The minimum atomic E-state index is -3.90. The minimum Gasteiger partial charge on any atom is -0.273 e. The summed E-state index contributed by atoms with van der Waals surface area (Å²) in [6.07, 6.45) is 0. The molecule has 0 unspecified atom stereocenters. The lowest BCUT2D eigenvalue weighted by Gasteiger charge is -2.12. The van der Waals surface area contributed by atoms with Crippen LogP contribution in [0.3, 0.4) is 0 Å². The molecule has 5 nitrogen and oxygen atoms in total. The number of halogens is 2. The zero-order valence-electron chi connectivity index (χ0n) is 12.4. The Labute approximate surface area is 144 Å². The van der Waals surface area contributed by atoms with Crippen LogP contribution in [0.4, 0.5) is 0 Å². The van der Waals surface area contributed by atoms with E-state index in [4.69, 9.17) is 23.2 Å². The Balaban J connectivity index is 2.20. The zero-order chi connectivity index (χ0) is 17.2. The summed E-state index contributed by atoms with van der Waals surface area (Å²) in [5, 5.41) is 0.481. The molecular weight excluding hydrogens is 359 g/mol. The molecule has 0 atom stereocenters. The fraction of sp³-hybridized carbons (Fsp3) is 0.133. The first kappa shape index (κ1) is 17.7. The fourth-order valence-corrected chi connectivity index (χ4v) is 3.45. The molecule has 0 radical (unpaired) electrons. The molecule has 0 aromatic heterocycles. The van der Waals surface area contributed by atoms with Crippen LogP contribution in [0, 0.1) is 13.8 Å². The van der Waals surface area contributed by atoms with Crippen LogP contribution in [0.25, 0.3) is 0 Å². The summed E-state index contributed by atoms with van der Waals surface area (Å²) in [6, 6.07) is 9.36. The maximum absolute atomic E-state index is 12.3. The second-order valence-electron chi connectivity index (χ2n) is 4.95. The number of benzene rings is 2. The summed E-state index contributed by atoms with van der Waals surface area (Å²) >= 11 is 11.7. The first-order valence-corrected chi connectivity index (χ1v) is 8.79. The Bertz CT molecular complexity index is 867. The third-order valence-corrected chi connectivity index (χ3v) is 5.06. The van der Waals surface area contributed by atoms with Gasteiger partial charge in [-0.3, -0.25) is 10.2 Å². The Hall–Kier alpha value is -1.60. The number of hydrogen-bond donors (Lipinski definition) is 2. The van der Waals surface area contributed by atoms with Crippen LogP contribution in [0.1, 0.15) is 21.5 Å². The van der Waals surface area contributed by atoms with Crippen LogP contribution in [-0.4, -0.2) is 14.3 Å². The smallest absolute Gasteiger partial charge is 0.267 e. The predicted octanol–water partition coefficient (Wildman–Crippen LogP) is 3.23. The van der Waals surface area contributed by atoms with Crippen molar-refractivity contribution >= 4 is 39.1 Å². The van der Waals surface area contributed by atoms with Crippen LogP contribution in [0.2, 0.25) is 10.0 Å². The molecule has 0 heterocycles. The highest BCUT2D eigenvalue weighted by Gasteiger charge is 2.19. The Morgan fingerprint density at radius 1 is 1.04 bits per heavy atom. The summed E-state index contributed by atoms with van der Waals surface area (Å²) in [7, 11) is -3.90. The monoisotopic (exact) mass is 372 g/mol. The van der Waals surface area contributed by atoms with Crippen molar-refractivity contribution < 1.29 is 13.2 Å². The second kappa shape index (κ2) is 6.88. The summed E-state index contributed by atoms with van der Waals surface area (Å²) < 4.78 is 24.6. The molecule has 23 heavy (non-hydrogen) atoms. The molecule has 0 fully saturated rings. The molecule has 0 saturated heterocycles. The predicted molar refractivity (Wildman–Crippen MR) is 90.2 cm³/mol. The topological polar surface area (TPSA) is 75.3 Å². The van der Waals surface area contributed by atoms with Crippen LogP contribution in [0.15, 0.2) is 41.3 Å². The summed E-state index contributed by atoms with van der Waals surface area (Å²) in [5.41, 5.74) is 3.56. The number of carbonyl (C=O) groups is 1. The number of rotatable bonds is 4. The van der Waals surface area contributed by atoms with Crippen LogP contribution in [0.5, 0.6) is 0 Å². The van der Waals surface area contributed by atoms with Crippen LogP contribution in [-0.2, 0) is 10.0 Å². The highest BCUT2D eigenvalue weighted by molar-refractivity contribution is 7.89. The Morgan fingerprint density at radius 3 is 2.43 bits per heavy atom. The molecule has 2 aromatic carbocycles. The van der Waals surface area contributed by atoms with Gasteiger partial charge in [-0.05, 0) is 49.2 Å². The van der Waals surface area contributed by atoms with E-state index in [2.05, 4.69) is 10.3 Å². The molecule has 2 N–H and O–H groups in total. The molecule has 0 saturated carbocycles. The third kappa shape index (κ3) is 4.23. The molecule has 122 valence electrons. The van der Waals surface area contributed by atoms with E-state index in [0.717, 1.165) is 5.56 Å². The maximum atomic E-state index is 12.3. The molecule has 0 spiro atoms. The van der Waals surface area contributed by atoms with Gasteiger partial charge in [0, 0.05) is 5.02 Å². The first-order valence-electron chi connectivity index (χ1n) is 6.55. The van der Waals surface area contributed by atoms with E-state index in [9.17, 15) is 13.2 Å². The molecule has 0 aliphatic heterocycles. The number of hydrogen-bond acceptors (Lipinski definition) is 3. The van der Waals surface area contributed by atoms with Gasteiger partial charge in [-0.15, -0.1) is 4.83 Å². The zero-order valence-corrected chi connectivity index (χ0v) is 14.7. The summed E-state index contributed by atoms with van der Waals surface area (Å²) in [6.45, 7) is 3.45. The third-order valence-electron chi connectivity index (χ3n) is 3.11. The van der Waals surface area contributed by atoms with E-state index in [-0.39, 0.29) is 15.5 Å². The molecule has 0 aliphatic carbocycles. The number of amides is 1. The Kier molecular flexibility index (Phi) is 5.31. The average Bonchev–Trinajstić information content (AvgIpc) is 2.49. The fourth-order valence-electron chi connectivity index (χ4n) is 1.90. The highest BCUT2D eigenvalue weighted by atomic mass is 35.5. The van der Waals surface area contributed by atoms with Crippen LogP contribution >= 0.6 is 23.2 Å². The summed E-state index contributed by atoms with van der Waals surface area (Å²) in [5.74, 6) is -0.702. The largest absolute Gasteiger partial charge is 0.273 e. The number of carbonyl (C=O) groups excluding carboxylic acids is 1. The van der Waals surface area contributed by atoms with Crippen molar-refractivity contribution in [3.63, 3.8) is 0 Å². The van der Waals surface area contributed by atoms with Gasteiger partial charge < -0.3 is 0 Å². The number of hydrazine groups is 1. The quantitative estimate of drug-likeness (QED) is 0.808. The van der Waals surface area contributed by atoms with Crippen molar-refractivity contribution in [3.05, 3.63) is 63.1 Å². The maximum Gasteiger partial charge on any atom is 0.267 e.